The maximum atomic E-state index is 13.7. The predicted molar refractivity (Wildman–Crippen MR) is 107 cm³/mol. The van der Waals surface area contributed by atoms with Crippen LogP contribution in [0.1, 0.15) is 29.8 Å². The Labute approximate surface area is 163 Å². The quantitative estimate of drug-likeness (QED) is 0.626. The summed E-state index contributed by atoms with van der Waals surface area (Å²) < 4.78 is 19.3. The number of anilines is 2. The van der Waals surface area contributed by atoms with Crippen molar-refractivity contribution in [2.24, 2.45) is 0 Å². The van der Waals surface area contributed by atoms with Crippen LogP contribution < -0.4 is 15.4 Å². The second-order valence-corrected chi connectivity index (χ2v) is 6.55. The van der Waals surface area contributed by atoms with E-state index in [9.17, 15) is 9.18 Å². The summed E-state index contributed by atoms with van der Waals surface area (Å²) in [5.74, 6) is 0.126. The lowest BCUT2D eigenvalue weighted by Crippen LogP contribution is -2.23. The van der Waals surface area contributed by atoms with Crippen molar-refractivity contribution in [3.05, 3.63) is 83.9 Å². The topological polar surface area (TPSA) is 63.2 Å². The van der Waals surface area contributed by atoms with Crippen LogP contribution in [-0.4, -0.2) is 17.0 Å². The SMILES string of the molecule is CC(C)Oc1ccc(Nc2cncc(C(=O)NCc3ccccc3F)c2)cc1. The fourth-order valence-electron chi connectivity index (χ4n) is 2.61. The van der Waals surface area contributed by atoms with E-state index in [4.69, 9.17) is 4.74 Å². The number of aromatic nitrogens is 1. The fourth-order valence-corrected chi connectivity index (χ4v) is 2.61. The van der Waals surface area contributed by atoms with Crippen LogP contribution in [0.25, 0.3) is 0 Å². The molecule has 1 amide bonds. The first-order chi connectivity index (χ1) is 13.5. The normalized spacial score (nSPS) is 10.6. The van der Waals surface area contributed by atoms with Crippen molar-refractivity contribution in [1.29, 1.82) is 0 Å². The molecule has 0 saturated carbocycles. The minimum Gasteiger partial charge on any atom is -0.491 e. The van der Waals surface area contributed by atoms with Crippen LogP contribution in [0.5, 0.6) is 5.75 Å². The molecular weight excluding hydrogens is 357 g/mol. The molecule has 0 fully saturated rings. The summed E-state index contributed by atoms with van der Waals surface area (Å²) in [5, 5.41) is 5.91. The summed E-state index contributed by atoms with van der Waals surface area (Å²) in [6.07, 6.45) is 3.22. The Kier molecular flexibility index (Phi) is 6.22. The molecule has 144 valence electrons. The zero-order valence-electron chi connectivity index (χ0n) is 15.8. The highest BCUT2D eigenvalue weighted by Gasteiger charge is 2.09. The first-order valence-electron chi connectivity index (χ1n) is 9.01. The van der Waals surface area contributed by atoms with Gasteiger partial charge in [0.15, 0.2) is 0 Å². The van der Waals surface area contributed by atoms with Gasteiger partial charge in [0, 0.05) is 24.0 Å². The Morgan fingerprint density at radius 1 is 1.07 bits per heavy atom. The number of rotatable bonds is 7. The molecule has 1 aromatic heterocycles. The van der Waals surface area contributed by atoms with Crippen LogP contribution in [0.4, 0.5) is 15.8 Å². The van der Waals surface area contributed by atoms with Gasteiger partial charge in [-0.3, -0.25) is 9.78 Å². The van der Waals surface area contributed by atoms with Gasteiger partial charge in [-0.05, 0) is 50.2 Å². The summed E-state index contributed by atoms with van der Waals surface area (Å²) in [7, 11) is 0. The summed E-state index contributed by atoms with van der Waals surface area (Å²) >= 11 is 0. The van der Waals surface area contributed by atoms with Crippen molar-refractivity contribution in [2.75, 3.05) is 5.32 Å². The summed E-state index contributed by atoms with van der Waals surface area (Å²) in [6, 6.07) is 15.6. The van der Waals surface area contributed by atoms with Gasteiger partial charge in [-0.2, -0.15) is 0 Å². The van der Waals surface area contributed by atoms with Crippen LogP contribution in [-0.2, 0) is 6.54 Å². The molecule has 6 heteroatoms. The molecule has 1 heterocycles. The smallest absolute Gasteiger partial charge is 0.253 e. The van der Waals surface area contributed by atoms with E-state index in [1.165, 1.54) is 12.3 Å². The number of pyridine rings is 1. The van der Waals surface area contributed by atoms with Gasteiger partial charge in [-0.1, -0.05) is 18.2 Å². The zero-order valence-corrected chi connectivity index (χ0v) is 15.8. The van der Waals surface area contributed by atoms with Crippen LogP contribution in [0.2, 0.25) is 0 Å². The van der Waals surface area contributed by atoms with E-state index in [1.54, 1.807) is 30.5 Å². The van der Waals surface area contributed by atoms with E-state index >= 15 is 0 Å². The van der Waals surface area contributed by atoms with Gasteiger partial charge < -0.3 is 15.4 Å². The number of hydrogen-bond donors (Lipinski definition) is 2. The highest BCUT2D eigenvalue weighted by Crippen LogP contribution is 2.21. The van der Waals surface area contributed by atoms with E-state index in [0.717, 1.165) is 11.4 Å². The Morgan fingerprint density at radius 3 is 2.54 bits per heavy atom. The molecule has 0 radical (unpaired) electrons. The molecule has 0 aliphatic rings. The number of carbonyl (C=O) groups is 1. The lowest BCUT2D eigenvalue weighted by molar-refractivity contribution is 0.0950. The molecule has 0 aliphatic heterocycles. The minimum atomic E-state index is -0.346. The molecule has 5 nitrogen and oxygen atoms in total. The molecule has 0 saturated heterocycles. The Balaban J connectivity index is 1.63. The fraction of sp³-hybridized carbons (Fsp3) is 0.182. The van der Waals surface area contributed by atoms with E-state index in [-0.39, 0.29) is 24.4 Å². The van der Waals surface area contributed by atoms with Crippen molar-refractivity contribution < 1.29 is 13.9 Å². The minimum absolute atomic E-state index is 0.112. The van der Waals surface area contributed by atoms with Crippen molar-refractivity contribution >= 4 is 17.3 Å². The van der Waals surface area contributed by atoms with Crippen LogP contribution in [0.3, 0.4) is 0 Å². The van der Waals surface area contributed by atoms with E-state index in [1.807, 2.05) is 38.1 Å². The standard InChI is InChI=1S/C22H22FN3O2/c1-15(2)28-20-9-7-18(8-10-20)26-19-11-17(12-24-14-19)22(27)25-13-16-5-3-4-6-21(16)23/h3-12,14-15,26H,13H2,1-2H3,(H,25,27). The number of carbonyl (C=O) groups excluding carboxylic acids is 1. The maximum Gasteiger partial charge on any atom is 0.253 e. The lowest BCUT2D eigenvalue weighted by Gasteiger charge is -2.11. The molecule has 0 aliphatic carbocycles. The molecule has 2 N–H and O–H groups in total. The number of amides is 1. The largest absolute Gasteiger partial charge is 0.491 e. The highest BCUT2D eigenvalue weighted by molar-refractivity contribution is 5.94. The average Bonchev–Trinajstić information content (AvgIpc) is 2.68. The first kappa shape index (κ1) is 19.4. The van der Waals surface area contributed by atoms with E-state index in [0.29, 0.717) is 16.8 Å². The van der Waals surface area contributed by atoms with E-state index < -0.39 is 0 Å². The Hall–Kier alpha value is -3.41. The Bertz CT molecular complexity index is 943. The number of ether oxygens (including phenoxy) is 1. The second kappa shape index (κ2) is 8.99. The highest BCUT2D eigenvalue weighted by atomic mass is 19.1. The molecule has 0 unspecified atom stereocenters. The third-order valence-electron chi connectivity index (χ3n) is 3.91. The van der Waals surface area contributed by atoms with Crippen LogP contribution in [0, 0.1) is 5.82 Å². The molecule has 0 spiro atoms. The Morgan fingerprint density at radius 2 is 1.82 bits per heavy atom. The van der Waals surface area contributed by atoms with E-state index in [2.05, 4.69) is 15.6 Å². The van der Waals surface area contributed by atoms with Crippen LogP contribution in [0.15, 0.2) is 67.0 Å². The average molecular weight is 379 g/mol. The number of hydrogen-bond acceptors (Lipinski definition) is 4. The third kappa shape index (κ3) is 5.30. The molecular formula is C22H22FN3O2. The van der Waals surface area contributed by atoms with Crippen molar-refractivity contribution in [3.63, 3.8) is 0 Å². The third-order valence-corrected chi connectivity index (χ3v) is 3.91. The molecule has 0 atom stereocenters. The van der Waals surface area contributed by atoms with Gasteiger partial charge in [-0.15, -0.1) is 0 Å². The van der Waals surface area contributed by atoms with Crippen molar-refractivity contribution in [1.82, 2.24) is 10.3 Å². The monoisotopic (exact) mass is 379 g/mol. The number of halogens is 1. The van der Waals surface area contributed by atoms with Crippen molar-refractivity contribution in [3.8, 4) is 5.75 Å². The second-order valence-electron chi connectivity index (χ2n) is 6.55. The van der Waals surface area contributed by atoms with Gasteiger partial charge >= 0.3 is 0 Å². The first-order valence-corrected chi connectivity index (χ1v) is 9.01. The summed E-state index contributed by atoms with van der Waals surface area (Å²) in [4.78, 5) is 16.5. The zero-order chi connectivity index (χ0) is 19.9. The maximum absolute atomic E-state index is 13.7. The lowest BCUT2D eigenvalue weighted by atomic mass is 10.2. The number of nitrogens with zero attached hydrogens (tertiary/aromatic N) is 1. The molecule has 2 aromatic carbocycles. The van der Waals surface area contributed by atoms with Gasteiger partial charge in [0.05, 0.1) is 23.6 Å². The summed E-state index contributed by atoms with van der Waals surface area (Å²) in [6.45, 7) is 4.06. The predicted octanol–water partition coefficient (Wildman–Crippen LogP) is 4.68. The van der Waals surface area contributed by atoms with Crippen molar-refractivity contribution in [2.45, 2.75) is 26.5 Å². The van der Waals surface area contributed by atoms with Gasteiger partial charge in [0.2, 0.25) is 0 Å². The van der Waals surface area contributed by atoms with Gasteiger partial charge in [-0.25, -0.2) is 4.39 Å². The molecule has 3 rings (SSSR count). The summed E-state index contributed by atoms with van der Waals surface area (Å²) in [5.41, 5.74) is 2.35. The number of benzene rings is 2. The molecule has 0 bridgehead atoms. The molecule has 3 aromatic rings. The van der Waals surface area contributed by atoms with Gasteiger partial charge in [0.1, 0.15) is 11.6 Å². The van der Waals surface area contributed by atoms with Gasteiger partial charge in [0.25, 0.3) is 5.91 Å². The number of nitrogens with one attached hydrogen (secondary N) is 2. The molecule has 28 heavy (non-hydrogen) atoms. The van der Waals surface area contributed by atoms with Crippen LogP contribution >= 0.6 is 0 Å².